The number of aryl methyl sites for hydroxylation is 2. The summed E-state index contributed by atoms with van der Waals surface area (Å²) in [5.41, 5.74) is 0.860. The highest BCUT2D eigenvalue weighted by Crippen LogP contribution is 2.54. The monoisotopic (exact) mass is 473 g/mol. The largest absolute Gasteiger partial charge is 0.389 e. The molecule has 3 aromatic rings. The quantitative estimate of drug-likeness (QED) is 0.589. The Hall–Kier alpha value is -2.85. The summed E-state index contributed by atoms with van der Waals surface area (Å²) in [4.78, 5) is 17.6. The highest BCUT2D eigenvalue weighted by molar-refractivity contribution is 6.31. The molecule has 2 unspecified atom stereocenters. The second-order valence-corrected chi connectivity index (χ2v) is 9.80. The Morgan fingerprint density at radius 2 is 2.03 bits per heavy atom. The van der Waals surface area contributed by atoms with Gasteiger partial charge in [0.05, 0.1) is 22.6 Å². The van der Waals surface area contributed by atoms with Crippen LogP contribution in [0.25, 0.3) is 0 Å². The van der Waals surface area contributed by atoms with Crippen molar-refractivity contribution in [3.63, 3.8) is 0 Å². The van der Waals surface area contributed by atoms with E-state index in [0.717, 1.165) is 18.5 Å². The highest BCUT2D eigenvalue weighted by Gasteiger charge is 2.50. The van der Waals surface area contributed by atoms with E-state index in [1.54, 1.807) is 29.7 Å². The fraction of sp³-hybridized carbons (Fsp3) is 0.500. The van der Waals surface area contributed by atoms with Crippen LogP contribution in [0.4, 0.5) is 10.1 Å². The number of tetrazole rings is 1. The molecule has 2 atom stereocenters. The first-order chi connectivity index (χ1) is 15.7. The van der Waals surface area contributed by atoms with Gasteiger partial charge in [-0.1, -0.05) is 11.6 Å². The van der Waals surface area contributed by atoms with Crippen molar-refractivity contribution in [2.75, 3.05) is 5.32 Å². The molecule has 0 radical (unpaired) electrons. The molecule has 2 aromatic heterocycles. The Morgan fingerprint density at radius 3 is 2.67 bits per heavy atom. The smallest absolute Gasteiger partial charge is 0.274 e. The van der Waals surface area contributed by atoms with Gasteiger partial charge < -0.3 is 15.0 Å². The van der Waals surface area contributed by atoms with Gasteiger partial charge in [0, 0.05) is 32.1 Å². The Balaban J connectivity index is 1.29. The molecule has 0 spiro atoms. The summed E-state index contributed by atoms with van der Waals surface area (Å²) >= 11 is 5.84. The molecular weight excluding hydrogens is 449 g/mol. The van der Waals surface area contributed by atoms with Crippen molar-refractivity contribution in [3.8, 4) is 0 Å². The molecule has 9 nitrogen and oxygen atoms in total. The molecule has 2 N–H and O–H groups in total. The molecule has 0 saturated heterocycles. The number of rotatable bonds is 5. The number of aromatic nitrogens is 6. The normalized spacial score (nSPS) is 26.5. The average Bonchev–Trinajstić information content (AvgIpc) is 3.49. The summed E-state index contributed by atoms with van der Waals surface area (Å²) < 4.78 is 16.8. The standard InChI is InChI=1S/C22H25ClFN7O2/c1-30-11-25-19(20(30)21(32)26-15-3-4-17(24)16(23)7-15)12-5-13-8-22(33,9-14(13)6-12)10-18-27-28-29-31(18)2/h3-4,7,11-14,33H,5-6,8-10H2,1-2H3,(H,26,32). The molecule has 1 aromatic carbocycles. The minimum atomic E-state index is -0.811. The lowest BCUT2D eigenvalue weighted by Crippen LogP contribution is -2.30. The lowest BCUT2D eigenvalue weighted by molar-refractivity contribution is 0.0357. The third-order valence-corrected chi connectivity index (χ3v) is 7.35. The second-order valence-electron chi connectivity index (χ2n) is 9.39. The summed E-state index contributed by atoms with van der Waals surface area (Å²) in [5.74, 6) is 0.684. The van der Waals surface area contributed by atoms with Gasteiger partial charge in [-0.3, -0.25) is 4.79 Å². The van der Waals surface area contributed by atoms with Gasteiger partial charge in [0.25, 0.3) is 5.91 Å². The maximum absolute atomic E-state index is 13.4. The molecule has 2 fully saturated rings. The van der Waals surface area contributed by atoms with Gasteiger partial charge >= 0.3 is 0 Å². The van der Waals surface area contributed by atoms with Gasteiger partial charge in [0.1, 0.15) is 11.5 Å². The summed E-state index contributed by atoms with van der Waals surface area (Å²) in [7, 11) is 3.56. The minimum absolute atomic E-state index is 0.0498. The molecular formula is C22H25ClFN7O2. The molecule has 2 saturated carbocycles. The predicted molar refractivity (Wildman–Crippen MR) is 118 cm³/mol. The molecule has 2 aliphatic rings. The van der Waals surface area contributed by atoms with Crippen molar-refractivity contribution in [2.45, 2.75) is 43.6 Å². The predicted octanol–water partition coefficient (Wildman–Crippen LogP) is 2.87. The average molecular weight is 474 g/mol. The number of imidazole rings is 1. The number of halogens is 2. The van der Waals surface area contributed by atoms with Crippen LogP contribution in [0.1, 0.15) is 53.6 Å². The van der Waals surface area contributed by atoms with Crippen molar-refractivity contribution in [1.82, 2.24) is 29.8 Å². The topological polar surface area (TPSA) is 111 Å². The molecule has 0 aliphatic heterocycles. The number of carbonyl (C=O) groups excluding carboxylic acids is 1. The number of anilines is 1. The molecule has 174 valence electrons. The Kier molecular flexibility index (Phi) is 5.44. The molecule has 2 aliphatic carbocycles. The number of fused-ring (bicyclic) bond motifs is 1. The van der Waals surface area contributed by atoms with E-state index in [9.17, 15) is 14.3 Å². The van der Waals surface area contributed by atoms with E-state index in [1.807, 2.05) is 0 Å². The van der Waals surface area contributed by atoms with Crippen molar-refractivity contribution in [1.29, 1.82) is 0 Å². The lowest BCUT2D eigenvalue weighted by Gasteiger charge is -2.23. The molecule has 0 bridgehead atoms. The lowest BCUT2D eigenvalue weighted by atomic mass is 9.90. The number of nitrogens with zero attached hydrogens (tertiary/aromatic N) is 6. The van der Waals surface area contributed by atoms with Crippen LogP contribution < -0.4 is 5.32 Å². The molecule has 2 heterocycles. The molecule has 1 amide bonds. The van der Waals surface area contributed by atoms with Gasteiger partial charge in [-0.2, -0.15) is 0 Å². The van der Waals surface area contributed by atoms with Crippen molar-refractivity contribution in [3.05, 3.63) is 52.6 Å². The number of hydrogen-bond acceptors (Lipinski definition) is 6. The van der Waals surface area contributed by atoms with Crippen LogP contribution >= 0.6 is 11.6 Å². The van der Waals surface area contributed by atoms with E-state index in [4.69, 9.17) is 11.6 Å². The van der Waals surface area contributed by atoms with Crippen LogP contribution in [0.3, 0.4) is 0 Å². The number of hydrogen-bond donors (Lipinski definition) is 2. The van der Waals surface area contributed by atoms with Crippen molar-refractivity contribution in [2.24, 2.45) is 25.9 Å². The Bertz CT molecular complexity index is 1200. The highest BCUT2D eigenvalue weighted by atomic mass is 35.5. The molecule has 5 rings (SSSR count). The van der Waals surface area contributed by atoms with E-state index < -0.39 is 11.4 Å². The number of amides is 1. The first-order valence-electron chi connectivity index (χ1n) is 10.9. The van der Waals surface area contributed by atoms with Crippen molar-refractivity contribution < 1.29 is 14.3 Å². The Morgan fingerprint density at radius 1 is 1.30 bits per heavy atom. The van der Waals surface area contributed by atoms with E-state index in [2.05, 4.69) is 25.8 Å². The first kappa shape index (κ1) is 22.0. The SMILES string of the molecule is Cn1cnc(C2CC3CC(O)(Cc4nnnn4C)CC3C2)c1C(=O)Nc1ccc(F)c(Cl)c1. The van der Waals surface area contributed by atoms with Crippen molar-refractivity contribution >= 4 is 23.2 Å². The van der Waals surface area contributed by atoms with Gasteiger partial charge in [0.15, 0.2) is 5.82 Å². The number of carbonyl (C=O) groups is 1. The molecule has 33 heavy (non-hydrogen) atoms. The van der Waals surface area contributed by atoms with E-state index in [1.165, 1.54) is 18.2 Å². The second kappa shape index (κ2) is 8.18. The summed E-state index contributed by atoms with van der Waals surface area (Å²) in [6.07, 6.45) is 5.18. The number of benzene rings is 1. The first-order valence-corrected chi connectivity index (χ1v) is 11.3. The number of aliphatic hydroxyl groups is 1. The van der Waals surface area contributed by atoms with Crippen LogP contribution in [0.2, 0.25) is 5.02 Å². The zero-order chi connectivity index (χ0) is 23.3. The van der Waals surface area contributed by atoms with Gasteiger partial charge in [-0.15, -0.1) is 5.10 Å². The fourth-order valence-electron chi connectivity index (χ4n) is 5.62. The zero-order valence-corrected chi connectivity index (χ0v) is 19.1. The summed E-state index contributed by atoms with van der Waals surface area (Å²) in [5, 5.41) is 25.5. The van der Waals surface area contributed by atoms with Gasteiger partial charge in [-0.25, -0.2) is 14.1 Å². The zero-order valence-electron chi connectivity index (χ0n) is 18.4. The third-order valence-electron chi connectivity index (χ3n) is 7.07. The fourth-order valence-corrected chi connectivity index (χ4v) is 5.80. The van der Waals surface area contributed by atoms with Crippen LogP contribution in [0, 0.1) is 17.7 Å². The van der Waals surface area contributed by atoms with Gasteiger partial charge in [0.2, 0.25) is 0 Å². The summed E-state index contributed by atoms with van der Waals surface area (Å²) in [6.45, 7) is 0. The van der Waals surface area contributed by atoms with E-state index >= 15 is 0 Å². The van der Waals surface area contributed by atoms with Gasteiger partial charge in [-0.05, 0) is 66.1 Å². The van der Waals surface area contributed by atoms with Crippen LogP contribution in [-0.4, -0.2) is 46.4 Å². The maximum Gasteiger partial charge on any atom is 0.274 e. The van der Waals surface area contributed by atoms with Crippen LogP contribution in [-0.2, 0) is 20.5 Å². The van der Waals surface area contributed by atoms with Crippen LogP contribution in [0.15, 0.2) is 24.5 Å². The minimum Gasteiger partial charge on any atom is -0.389 e. The van der Waals surface area contributed by atoms with Crippen LogP contribution in [0.5, 0.6) is 0 Å². The van der Waals surface area contributed by atoms with E-state index in [0.29, 0.717) is 48.3 Å². The summed E-state index contributed by atoms with van der Waals surface area (Å²) in [6, 6.07) is 4.08. The Labute approximate surface area is 195 Å². The van der Waals surface area contributed by atoms with E-state index in [-0.39, 0.29) is 16.8 Å². The molecule has 11 heteroatoms. The maximum atomic E-state index is 13.4. The third kappa shape index (κ3) is 4.13. The number of nitrogens with one attached hydrogen (secondary N) is 1.